The fourth-order valence-electron chi connectivity index (χ4n) is 1.74. The van der Waals surface area contributed by atoms with E-state index >= 15 is 0 Å². The van der Waals surface area contributed by atoms with Gasteiger partial charge in [0.15, 0.2) is 0 Å². The van der Waals surface area contributed by atoms with E-state index in [-0.39, 0.29) is 5.91 Å². The lowest BCUT2D eigenvalue weighted by Gasteiger charge is -2.05. The smallest absolute Gasteiger partial charge is 0.224 e. The molecule has 0 saturated carbocycles. The highest BCUT2D eigenvalue weighted by molar-refractivity contribution is 5.90. The Bertz CT molecular complexity index is 403. The lowest BCUT2D eigenvalue weighted by atomic mass is 10.1. The van der Waals surface area contributed by atoms with Gasteiger partial charge in [0, 0.05) is 12.1 Å². The van der Waals surface area contributed by atoms with Crippen LogP contribution in [0.15, 0.2) is 24.3 Å². The molecule has 0 aliphatic carbocycles. The van der Waals surface area contributed by atoms with Crippen LogP contribution in [0.25, 0.3) is 0 Å². The second-order valence-corrected chi connectivity index (χ2v) is 4.40. The van der Waals surface area contributed by atoms with E-state index in [9.17, 15) is 4.79 Å². The molecule has 0 bridgehead atoms. The normalized spacial score (nSPS) is 9.78. The summed E-state index contributed by atoms with van der Waals surface area (Å²) in [5, 5.41) is 11.5. The molecular formula is C15H20N2O. The minimum Gasteiger partial charge on any atom is -0.326 e. The maximum atomic E-state index is 11.6. The van der Waals surface area contributed by atoms with Crippen molar-refractivity contribution in [2.45, 2.75) is 45.4 Å². The largest absolute Gasteiger partial charge is 0.326 e. The molecule has 1 aromatic rings. The van der Waals surface area contributed by atoms with Gasteiger partial charge in [0.2, 0.25) is 5.91 Å². The first-order valence-electron chi connectivity index (χ1n) is 6.56. The number of unbranched alkanes of at least 4 members (excludes halogenated alkanes) is 4. The van der Waals surface area contributed by atoms with Crippen LogP contribution in [0.1, 0.15) is 51.0 Å². The molecule has 1 amide bonds. The molecule has 96 valence electrons. The zero-order valence-corrected chi connectivity index (χ0v) is 10.9. The van der Waals surface area contributed by atoms with Crippen molar-refractivity contribution >= 4 is 11.6 Å². The summed E-state index contributed by atoms with van der Waals surface area (Å²) in [4.78, 5) is 11.6. The topological polar surface area (TPSA) is 52.9 Å². The third-order valence-corrected chi connectivity index (χ3v) is 2.81. The van der Waals surface area contributed by atoms with E-state index in [1.165, 1.54) is 19.3 Å². The van der Waals surface area contributed by atoms with E-state index in [0.717, 1.165) is 18.5 Å². The molecule has 0 fully saturated rings. The van der Waals surface area contributed by atoms with E-state index in [1.54, 1.807) is 24.3 Å². The molecule has 0 aliphatic rings. The molecule has 3 heteroatoms. The summed E-state index contributed by atoms with van der Waals surface area (Å²) in [6.45, 7) is 2.18. The van der Waals surface area contributed by atoms with E-state index in [1.807, 2.05) is 6.07 Å². The van der Waals surface area contributed by atoms with Gasteiger partial charge in [-0.05, 0) is 30.7 Å². The van der Waals surface area contributed by atoms with E-state index in [2.05, 4.69) is 12.2 Å². The van der Waals surface area contributed by atoms with E-state index < -0.39 is 0 Å². The van der Waals surface area contributed by atoms with Crippen molar-refractivity contribution in [1.82, 2.24) is 0 Å². The Morgan fingerprint density at radius 2 is 1.83 bits per heavy atom. The molecular weight excluding hydrogens is 224 g/mol. The number of amides is 1. The lowest BCUT2D eigenvalue weighted by molar-refractivity contribution is -0.116. The lowest BCUT2D eigenvalue weighted by Crippen LogP contribution is -2.10. The van der Waals surface area contributed by atoms with Crippen LogP contribution < -0.4 is 5.32 Å². The molecule has 1 aromatic carbocycles. The Labute approximate surface area is 109 Å². The molecule has 0 aliphatic heterocycles. The highest BCUT2D eigenvalue weighted by Crippen LogP contribution is 2.10. The van der Waals surface area contributed by atoms with Crippen LogP contribution >= 0.6 is 0 Å². The van der Waals surface area contributed by atoms with Crippen molar-refractivity contribution in [2.24, 2.45) is 0 Å². The highest BCUT2D eigenvalue weighted by atomic mass is 16.1. The summed E-state index contributed by atoms with van der Waals surface area (Å²) >= 11 is 0. The van der Waals surface area contributed by atoms with Crippen LogP contribution in [0.4, 0.5) is 5.69 Å². The summed E-state index contributed by atoms with van der Waals surface area (Å²) in [5.74, 6) is 0.0520. The summed E-state index contributed by atoms with van der Waals surface area (Å²) < 4.78 is 0. The van der Waals surface area contributed by atoms with Gasteiger partial charge in [-0.3, -0.25) is 4.79 Å². The average molecular weight is 244 g/mol. The minimum absolute atomic E-state index is 0.0520. The molecule has 3 nitrogen and oxygen atoms in total. The molecule has 0 spiro atoms. The van der Waals surface area contributed by atoms with Gasteiger partial charge >= 0.3 is 0 Å². The minimum atomic E-state index is 0.0520. The molecule has 18 heavy (non-hydrogen) atoms. The molecule has 0 radical (unpaired) electrons. The molecule has 1 rings (SSSR count). The first-order valence-corrected chi connectivity index (χ1v) is 6.56. The van der Waals surface area contributed by atoms with Crippen LogP contribution in [0, 0.1) is 11.3 Å². The number of benzene rings is 1. The fourth-order valence-corrected chi connectivity index (χ4v) is 1.74. The van der Waals surface area contributed by atoms with Crippen molar-refractivity contribution in [3.63, 3.8) is 0 Å². The average Bonchev–Trinajstić information content (AvgIpc) is 2.39. The second-order valence-electron chi connectivity index (χ2n) is 4.40. The summed E-state index contributed by atoms with van der Waals surface area (Å²) in [6, 6.07) is 8.97. The van der Waals surface area contributed by atoms with Crippen LogP contribution in [0.3, 0.4) is 0 Å². The number of rotatable bonds is 7. The summed E-state index contributed by atoms with van der Waals surface area (Å²) in [5.41, 5.74) is 1.36. The van der Waals surface area contributed by atoms with Crippen LogP contribution in [-0.2, 0) is 4.79 Å². The van der Waals surface area contributed by atoms with Gasteiger partial charge in [-0.15, -0.1) is 0 Å². The van der Waals surface area contributed by atoms with E-state index in [0.29, 0.717) is 12.0 Å². The summed E-state index contributed by atoms with van der Waals surface area (Å²) in [7, 11) is 0. The number of anilines is 1. The fraction of sp³-hybridized carbons (Fsp3) is 0.467. The maximum Gasteiger partial charge on any atom is 0.224 e. The second kappa shape index (κ2) is 8.30. The maximum absolute atomic E-state index is 11.6. The molecule has 0 aromatic heterocycles. The van der Waals surface area contributed by atoms with Crippen molar-refractivity contribution in [3.05, 3.63) is 29.8 Å². The monoisotopic (exact) mass is 244 g/mol. The SMILES string of the molecule is CCCCCCCC(=O)Nc1ccc(C#N)cc1. The van der Waals surface area contributed by atoms with Crippen LogP contribution in [0.2, 0.25) is 0 Å². The van der Waals surface area contributed by atoms with Crippen molar-refractivity contribution in [3.8, 4) is 6.07 Å². The van der Waals surface area contributed by atoms with Crippen molar-refractivity contribution < 1.29 is 4.79 Å². The van der Waals surface area contributed by atoms with Gasteiger partial charge in [-0.1, -0.05) is 32.6 Å². The molecule has 0 saturated heterocycles. The van der Waals surface area contributed by atoms with E-state index in [4.69, 9.17) is 5.26 Å². The number of nitriles is 1. The zero-order chi connectivity index (χ0) is 13.2. The molecule has 0 heterocycles. The Balaban J connectivity index is 2.25. The Kier molecular flexibility index (Phi) is 6.56. The molecule has 0 atom stereocenters. The number of nitrogens with one attached hydrogen (secondary N) is 1. The first kappa shape index (κ1) is 14.2. The molecule has 0 unspecified atom stereocenters. The van der Waals surface area contributed by atoms with Gasteiger partial charge in [0.25, 0.3) is 0 Å². The van der Waals surface area contributed by atoms with Gasteiger partial charge in [0.1, 0.15) is 0 Å². The quantitative estimate of drug-likeness (QED) is 0.740. The van der Waals surface area contributed by atoms with Crippen LogP contribution in [0.5, 0.6) is 0 Å². The van der Waals surface area contributed by atoms with Gasteiger partial charge < -0.3 is 5.32 Å². The standard InChI is InChI=1S/C15H20N2O/c1-2-3-4-5-6-7-15(18)17-14-10-8-13(12-16)9-11-14/h8-11H,2-7H2,1H3,(H,17,18). The zero-order valence-electron chi connectivity index (χ0n) is 10.9. The Morgan fingerprint density at radius 3 is 2.44 bits per heavy atom. The Hall–Kier alpha value is -1.82. The predicted molar refractivity (Wildman–Crippen MR) is 73.2 cm³/mol. The Morgan fingerprint density at radius 1 is 1.17 bits per heavy atom. The van der Waals surface area contributed by atoms with Gasteiger partial charge in [-0.25, -0.2) is 0 Å². The third kappa shape index (κ3) is 5.49. The van der Waals surface area contributed by atoms with Crippen molar-refractivity contribution in [2.75, 3.05) is 5.32 Å². The van der Waals surface area contributed by atoms with Gasteiger partial charge in [-0.2, -0.15) is 5.26 Å². The number of nitrogens with zero attached hydrogens (tertiary/aromatic N) is 1. The van der Waals surface area contributed by atoms with Gasteiger partial charge in [0.05, 0.1) is 11.6 Å². The number of carbonyl (C=O) groups excluding carboxylic acids is 1. The number of hydrogen-bond donors (Lipinski definition) is 1. The first-order chi connectivity index (χ1) is 8.76. The predicted octanol–water partition coefficient (Wildman–Crippen LogP) is 3.86. The molecule has 1 N–H and O–H groups in total. The highest BCUT2D eigenvalue weighted by Gasteiger charge is 2.02. The third-order valence-electron chi connectivity index (χ3n) is 2.81. The van der Waals surface area contributed by atoms with Crippen LogP contribution in [-0.4, -0.2) is 5.91 Å². The number of hydrogen-bond acceptors (Lipinski definition) is 2. The summed E-state index contributed by atoms with van der Waals surface area (Å²) in [6.07, 6.45) is 6.32. The number of carbonyl (C=O) groups is 1. The van der Waals surface area contributed by atoms with Crippen molar-refractivity contribution in [1.29, 1.82) is 5.26 Å².